The Labute approximate surface area is 176 Å². The first-order valence-corrected chi connectivity index (χ1v) is 11.5. The van der Waals surface area contributed by atoms with Crippen molar-refractivity contribution < 1.29 is 22.3 Å². The van der Waals surface area contributed by atoms with Crippen molar-refractivity contribution in [2.45, 2.75) is 13.0 Å². The minimum Gasteiger partial charge on any atom is -0.497 e. The number of piperazine rings is 1. The average Bonchev–Trinajstić information content (AvgIpc) is 2.73. The van der Waals surface area contributed by atoms with Gasteiger partial charge in [0.2, 0.25) is 15.9 Å². The van der Waals surface area contributed by atoms with Crippen LogP contribution >= 0.6 is 0 Å². The zero-order valence-corrected chi connectivity index (χ0v) is 18.1. The molecule has 1 amide bonds. The molecule has 0 unspecified atom stereocenters. The molecular formula is C21H26FN3O4S. The van der Waals surface area contributed by atoms with Crippen LogP contribution in [0.4, 0.5) is 15.8 Å². The lowest BCUT2D eigenvalue weighted by Gasteiger charge is -2.39. The third-order valence-electron chi connectivity index (χ3n) is 5.16. The lowest BCUT2D eigenvalue weighted by molar-refractivity contribution is -0.132. The quantitative estimate of drug-likeness (QED) is 0.697. The molecule has 30 heavy (non-hydrogen) atoms. The molecule has 0 saturated carbocycles. The van der Waals surface area contributed by atoms with Crippen LogP contribution < -0.4 is 13.9 Å². The number of rotatable bonds is 6. The maximum absolute atomic E-state index is 14.0. The van der Waals surface area contributed by atoms with Crippen LogP contribution in [-0.4, -0.2) is 64.8 Å². The van der Waals surface area contributed by atoms with E-state index in [1.165, 1.54) is 13.2 Å². The van der Waals surface area contributed by atoms with Crippen LogP contribution in [-0.2, 0) is 14.8 Å². The zero-order valence-electron chi connectivity index (χ0n) is 17.3. The number of ether oxygens (including phenoxy) is 1. The maximum Gasteiger partial charge on any atom is 0.246 e. The number of methoxy groups -OCH3 is 1. The zero-order chi connectivity index (χ0) is 21.9. The van der Waals surface area contributed by atoms with Crippen LogP contribution in [0.3, 0.4) is 0 Å². The van der Waals surface area contributed by atoms with E-state index in [1.54, 1.807) is 54.3 Å². The summed E-state index contributed by atoms with van der Waals surface area (Å²) in [4.78, 5) is 16.6. The second kappa shape index (κ2) is 8.91. The van der Waals surface area contributed by atoms with Gasteiger partial charge in [0.15, 0.2) is 0 Å². The molecule has 0 aliphatic carbocycles. The summed E-state index contributed by atoms with van der Waals surface area (Å²) in [6.45, 7) is 3.28. The molecule has 162 valence electrons. The van der Waals surface area contributed by atoms with Crippen molar-refractivity contribution >= 4 is 27.3 Å². The standard InChI is InChI=1S/C21H26FN3O4S/c1-16(25(30(3,27)28)17-7-6-8-18(15-17)29-2)21(26)24-13-11-23(12-14-24)20-10-5-4-9-19(20)22/h4-10,15-16H,11-14H2,1-3H3/t16-/m0/s1. The number of hydrogen-bond acceptors (Lipinski definition) is 5. The summed E-state index contributed by atoms with van der Waals surface area (Å²) < 4.78 is 45.3. The normalized spacial score (nSPS) is 15.6. The van der Waals surface area contributed by atoms with E-state index in [1.807, 2.05) is 4.90 Å². The molecule has 0 aromatic heterocycles. The molecule has 0 N–H and O–H groups in total. The molecule has 1 saturated heterocycles. The van der Waals surface area contributed by atoms with E-state index in [-0.39, 0.29) is 11.7 Å². The minimum absolute atomic E-state index is 0.295. The van der Waals surface area contributed by atoms with Crippen molar-refractivity contribution in [2.75, 3.05) is 48.7 Å². The van der Waals surface area contributed by atoms with Crippen LogP contribution in [0.2, 0.25) is 0 Å². The molecule has 1 heterocycles. The van der Waals surface area contributed by atoms with Crippen LogP contribution in [0.25, 0.3) is 0 Å². The van der Waals surface area contributed by atoms with Crippen molar-refractivity contribution in [1.29, 1.82) is 0 Å². The van der Waals surface area contributed by atoms with Gasteiger partial charge in [-0.05, 0) is 31.2 Å². The molecule has 9 heteroatoms. The van der Waals surface area contributed by atoms with E-state index in [4.69, 9.17) is 4.74 Å². The summed E-state index contributed by atoms with van der Waals surface area (Å²) in [5.41, 5.74) is 0.870. The fourth-order valence-corrected chi connectivity index (χ4v) is 4.85. The largest absolute Gasteiger partial charge is 0.497 e. The van der Waals surface area contributed by atoms with E-state index < -0.39 is 16.1 Å². The van der Waals surface area contributed by atoms with Gasteiger partial charge in [-0.3, -0.25) is 9.10 Å². The van der Waals surface area contributed by atoms with Crippen molar-refractivity contribution in [1.82, 2.24) is 4.90 Å². The van der Waals surface area contributed by atoms with E-state index in [0.717, 1.165) is 10.6 Å². The highest BCUT2D eigenvalue weighted by Crippen LogP contribution is 2.26. The van der Waals surface area contributed by atoms with E-state index in [9.17, 15) is 17.6 Å². The second-order valence-electron chi connectivity index (χ2n) is 7.20. The number of nitrogens with zero attached hydrogens (tertiary/aromatic N) is 3. The van der Waals surface area contributed by atoms with Gasteiger partial charge in [0, 0.05) is 32.2 Å². The Balaban J connectivity index is 1.75. The monoisotopic (exact) mass is 435 g/mol. The summed E-state index contributed by atoms with van der Waals surface area (Å²) in [5, 5.41) is 0. The van der Waals surface area contributed by atoms with E-state index in [2.05, 4.69) is 0 Å². The maximum atomic E-state index is 14.0. The highest BCUT2D eigenvalue weighted by Gasteiger charge is 2.33. The first-order valence-electron chi connectivity index (χ1n) is 9.64. The summed E-state index contributed by atoms with van der Waals surface area (Å²) in [7, 11) is -2.22. The van der Waals surface area contributed by atoms with Gasteiger partial charge in [-0.2, -0.15) is 0 Å². The van der Waals surface area contributed by atoms with Crippen molar-refractivity contribution in [3.63, 3.8) is 0 Å². The highest BCUT2D eigenvalue weighted by molar-refractivity contribution is 7.92. The number of carbonyl (C=O) groups excluding carboxylic acids is 1. The third-order valence-corrected chi connectivity index (χ3v) is 6.40. The lowest BCUT2D eigenvalue weighted by atomic mass is 10.2. The number of sulfonamides is 1. The van der Waals surface area contributed by atoms with E-state index >= 15 is 0 Å². The molecule has 1 aliphatic heterocycles. The molecule has 2 aromatic carbocycles. The van der Waals surface area contributed by atoms with Gasteiger partial charge in [-0.1, -0.05) is 18.2 Å². The van der Waals surface area contributed by atoms with Gasteiger partial charge in [-0.15, -0.1) is 0 Å². The van der Waals surface area contributed by atoms with Gasteiger partial charge >= 0.3 is 0 Å². The number of carbonyl (C=O) groups is 1. The molecule has 0 bridgehead atoms. The van der Waals surface area contributed by atoms with Gasteiger partial charge in [0.25, 0.3) is 0 Å². The first-order chi connectivity index (χ1) is 14.2. The summed E-state index contributed by atoms with van der Waals surface area (Å²) in [6.07, 6.45) is 1.08. The van der Waals surface area contributed by atoms with Gasteiger partial charge in [-0.25, -0.2) is 12.8 Å². The van der Waals surface area contributed by atoms with Crippen LogP contribution in [0.1, 0.15) is 6.92 Å². The molecule has 0 radical (unpaired) electrons. The predicted molar refractivity (Wildman–Crippen MR) is 115 cm³/mol. The number of halogens is 1. The Morgan fingerprint density at radius 3 is 2.37 bits per heavy atom. The third kappa shape index (κ3) is 4.67. The Kier molecular flexibility index (Phi) is 6.50. The van der Waals surface area contributed by atoms with Crippen molar-refractivity contribution in [2.24, 2.45) is 0 Å². The Bertz CT molecular complexity index is 1010. The van der Waals surface area contributed by atoms with Crippen molar-refractivity contribution in [3.05, 3.63) is 54.3 Å². The highest BCUT2D eigenvalue weighted by atomic mass is 32.2. The van der Waals surface area contributed by atoms with Gasteiger partial charge < -0.3 is 14.5 Å². The fourth-order valence-electron chi connectivity index (χ4n) is 3.69. The molecule has 1 aliphatic rings. The number of hydrogen-bond donors (Lipinski definition) is 0. The number of para-hydroxylation sites is 1. The van der Waals surface area contributed by atoms with Gasteiger partial charge in [0.05, 0.1) is 24.7 Å². The molecule has 1 atom stereocenters. The van der Waals surface area contributed by atoms with Crippen LogP contribution in [0, 0.1) is 5.82 Å². The molecule has 0 spiro atoms. The summed E-state index contributed by atoms with van der Waals surface area (Å²) >= 11 is 0. The number of anilines is 2. The minimum atomic E-state index is -3.71. The first kappa shape index (κ1) is 21.9. The van der Waals surface area contributed by atoms with Crippen LogP contribution in [0.5, 0.6) is 5.75 Å². The Hall–Kier alpha value is -2.81. The topological polar surface area (TPSA) is 70.2 Å². The SMILES string of the molecule is COc1cccc(N([C@@H](C)C(=O)N2CCN(c3ccccc3F)CC2)S(C)(=O)=O)c1. The summed E-state index contributed by atoms with van der Waals surface area (Å²) in [5.74, 6) is -0.0948. The summed E-state index contributed by atoms with van der Waals surface area (Å²) in [6, 6.07) is 12.2. The molecule has 7 nitrogen and oxygen atoms in total. The Morgan fingerprint density at radius 2 is 1.77 bits per heavy atom. The number of amides is 1. The number of benzene rings is 2. The molecule has 3 rings (SSSR count). The molecule has 1 fully saturated rings. The lowest BCUT2D eigenvalue weighted by Crippen LogP contribution is -2.55. The average molecular weight is 436 g/mol. The van der Waals surface area contributed by atoms with Gasteiger partial charge in [0.1, 0.15) is 17.6 Å². The molecular weight excluding hydrogens is 409 g/mol. The fraction of sp³-hybridized carbons (Fsp3) is 0.381. The van der Waals surface area contributed by atoms with Crippen molar-refractivity contribution in [3.8, 4) is 5.75 Å². The van der Waals surface area contributed by atoms with E-state index in [0.29, 0.717) is 43.3 Å². The second-order valence-corrected chi connectivity index (χ2v) is 9.06. The molecule has 2 aromatic rings. The van der Waals surface area contributed by atoms with Crippen LogP contribution in [0.15, 0.2) is 48.5 Å². The smallest absolute Gasteiger partial charge is 0.246 e. The predicted octanol–water partition coefficient (Wildman–Crippen LogP) is 2.34. The Morgan fingerprint density at radius 1 is 1.10 bits per heavy atom.